The smallest absolute Gasteiger partial charge is 0.257 e. The first-order chi connectivity index (χ1) is 15.1. The Kier molecular flexibility index (Phi) is 4.66. The minimum Gasteiger partial charge on any atom is -0.370 e. The van der Waals surface area contributed by atoms with Crippen molar-refractivity contribution in [3.63, 3.8) is 0 Å². The van der Waals surface area contributed by atoms with Gasteiger partial charge in [0, 0.05) is 35.7 Å². The molecular weight excluding hydrogens is 396 g/mol. The molecule has 1 aliphatic heterocycles. The van der Waals surface area contributed by atoms with Crippen LogP contribution in [-0.2, 0) is 0 Å². The number of pyridine rings is 2. The molecule has 5 rings (SSSR count). The van der Waals surface area contributed by atoms with Gasteiger partial charge in [0.1, 0.15) is 5.69 Å². The Hall–Kier alpha value is -4.08. The molecule has 1 fully saturated rings. The number of rotatable bonds is 4. The highest BCUT2D eigenvalue weighted by Crippen LogP contribution is 2.28. The number of aryl methyl sites for hydroxylation is 1. The van der Waals surface area contributed by atoms with Gasteiger partial charge in [0.2, 0.25) is 11.4 Å². The number of hydrogen-bond donors (Lipinski definition) is 3. The van der Waals surface area contributed by atoms with Crippen molar-refractivity contribution < 1.29 is 4.79 Å². The highest BCUT2D eigenvalue weighted by atomic mass is 16.1. The first-order valence-corrected chi connectivity index (χ1v) is 10.0. The van der Waals surface area contributed by atoms with Gasteiger partial charge in [-0.05, 0) is 54.8 Å². The Morgan fingerprint density at radius 2 is 2.00 bits per heavy atom. The molecule has 10 nitrogen and oxygen atoms in total. The summed E-state index contributed by atoms with van der Waals surface area (Å²) >= 11 is 0. The first-order valence-electron chi connectivity index (χ1n) is 10.0. The summed E-state index contributed by atoms with van der Waals surface area (Å²) in [5, 5.41) is 17.8. The number of H-pyrrole nitrogens is 2. The van der Waals surface area contributed by atoms with Gasteiger partial charge in [-0.3, -0.25) is 14.6 Å². The fraction of sp³-hybridized carbons (Fsp3) is 0.238. The molecule has 3 N–H and O–H groups in total. The van der Waals surface area contributed by atoms with Crippen LogP contribution in [0.5, 0.6) is 0 Å². The van der Waals surface area contributed by atoms with Gasteiger partial charge >= 0.3 is 0 Å². The summed E-state index contributed by atoms with van der Waals surface area (Å²) in [6, 6.07) is 8.65. The number of fused-ring (bicyclic) bond motifs is 1. The molecule has 1 saturated heterocycles. The molecule has 0 bridgehead atoms. The van der Waals surface area contributed by atoms with Crippen molar-refractivity contribution in [2.45, 2.75) is 19.8 Å². The number of nitrogens with one attached hydrogen (secondary N) is 3. The summed E-state index contributed by atoms with van der Waals surface area (Å²) in [4.78, 5) is 34.4. The summed E-state index contributed by atoms with van der Waals surface area (Å²) in [6.07, 6.45) is 3.85. The second-order valence-electron chi connectivity index (χ2n) is 7.55. The number of anilines is 2. The van der Waals surface area contributed by atoms with Crippen LogP contribution in [0.4, 0.5) is 11.4 Å². The quantitative estimate of drug-likeness (QED) is 0.465. The fourth-order valence-electron chi connectivity index (χ4n) is 3.93. The molecule has 0 saturated carbocycles. The largest absolute Gasteiger partial charge is 0.370 e. The lowest BCUT2D eigenvalue weighted by molar-refractivity contribution is 0.102. The SMILES string of the molecule is Cc1cc(=O)[nH]c2ccc(NC(=O)c3cc(-c4nn[nH]n4)ncc3N3CCCC3)cc12. The molecule has 3 aromatic heterocycles. The van der Waals surface area contributed by atoms with Gasteiger partial charge in [0.25, 0.3) is 5.91 Å². The third-order valence-corrected chi connectivity index (χ3v) is 5.46. The Labute approximate surface area is 176 Å². The normalized spacial score (nSPS) is 13.6. The molecule has 1 aliphatic rings. The van der Waals surface area contributed by atoms with E-state index >= 15 is 0 Å². The van der Waals surface area contributed by atoms with E-state index in [0.29, 0.717) is 22.8 Å². The van der Waals surface area contributed by atoms with Crippen LogP contribution >= 0.6 is 0 Å². The van der Waals surface area contributed by atoms with Crippen LogP contribution in [0, 0.1) is 6.92 Å². The maximum atomic E-state index is 13.3. The van der Waals surface area contributed by atoms with Crippen LogP contribution in [0.3, 0.4) is 0 Å². The number of aromatic nitrogens is 6. The average molecular weight is 416 g/mol. The molecule has 4 heterocycles. The van der Waals surface area contributed by atoms with Crippen LogP contribution < -0.4 is 15.8 Å². The van der Waals surface area contributed by atoms with Crippen molar-refractivity contribution in [3.8, 4) is 11.5 Å². The zero-order chi connectivity index (χ0) is 21.4. The van der Waals surface area contributed by atoms with Crippen molar-refractivity contribution in [1.82, 2.24) is 30.6 Å². The number of carbonyl (C=O) groups is 1. The topological polar surface area (TPSA) is 133 Å². The van der Waals surface area contributed by atoms with E-state index in [-0.39, 0.29) is 11.5 Å². The molecule has 31 heavy (non-hydrogen) atoms. The first kappa shape index (κ1) is 18.9. The van der Waals surface area contributed by atoms with Crippen molar-refractivity contribution >= 4 is 28.2 Å². The van der Waals surface area contributed by atoms with Gasteiger partial charge in [-0.15, -0.1) is 10.2 Å². The zero-order valence-electron chi connectivity index (χ0n) is 16.8. The Balaban J connectivity index is 1.52. The maximum Gasteiger partial charge on any atom is 0.257 e. The van der Waals surface area contributed by atoms with Crippen LogP contribution in [0.15, 0.2) is 41.3 Å². The maximum absolute atomic E-state index is 13.3. The fourth-order valence-corrected chi connectivity index (χ4v) is 3.93. The lowest BCUT2D eigenvalue weighted by Gasteiger charge is -2.21. The summed E-state index contributed by atoms with van der Waals surface area (Å²) in [7, 11) is 0. The van der Waals surface area contributed by atoms with Gasteiger partial charge in [0.05, 0.1) is 17.4 Å². The third-order valence-electron chi connectivity index (χ3n) is 5.46. The van der Waals surface area contributed by atoms with Crippen LogP contribution in [0.25, 0.3) is 22.4 Å². The second-order valence-corrected chi connectivity index (χ2v) is 7.55. The Morgan fingerprint density at radius 1 is 1.16 bits per heavy atom. The van der Waals surface area contributed by atoms with Crippen molar-refractivity contribution in [2.75, 3.05) is 23.3 Å². The minimum absolute atomic E-state index is 0.150. The van der Waals surface area contributed by atoms with Gasteiger partial charge in [-0.1, -0.05) is 0 Å². The van der Waals surface area contributed by atoms with E-state index in [0.717, 1.165) is 48.1 Å². The van der Waals surface area contributed by atoms with Gasteiger partial charge < -0.3 is 15.2 Å². The minimum atomic E-state index is -0.254. The predicted octanol–water partition coefficient (Wildman–Crippen LogP) is 2.26. The lowest BCUT2D eigenvalue weighted by Crippen LogP contribution is -2.23. The molecule has 1 amide bonds. The zero-order valence-corrected chi connectivity index (χ0v) is 16.8. The Morgan fingerprint density at radius 3 is 2.77 bits per heavy atom. The van der Waals surface area contributed by atoms with Gasteiger partial charge in [-0.25, -0.2) is 0 Å². The molecule has 0 radical (unpaired) electrons. The monoisotopic (exact) mass is 416 g/mol. The highest BCUT2D eigenvalue weighted by Gasteiger charge is 2.22. The van der Waals surface area contributed by atoms with E-state index in [1.54, 1.807) is 30.5 Å². The van der Waals surface area contributed by atoms with E-state index in [9.17, 15) is 9.59 Å². The number of benzene rings is 1. The molecule has 0 unspecified atom stereocenters. The van der Waals surface area contributed by atoms with Crippen molar-refractivity contribution in [2.24, 2.45) is 0 Å². The summed E-state index contributed by atoms with van der Waals surface area (Å²) < 4.78 is 0. The third kappa shape index (κ3) is 3.63. The number of nitrogens with zero attached hydrogens (tertiary/aromatic N) is 5. The molecule has 156 valence electrons. The van der Waals surface area contributed by atoms with Crippen molar-refractivity contribution in [3.05, 3.63) is 58.0 Å². The van der Waals surface area contributed by atoms with E-state index in [1.807, 2.05) is 13.0 Å². The van der Waals surface area contributed by atoms with E-state index in [4.69, 9.17) is 0 Å². The summed E-state index contributed by atoms with van der Waals surface area (Å²) in [5.74, 6) is 0.0720. The number of carbonyl (C=O) groups excluding carboxylic acids is 1. The Bertz CT molecular complexity index is 1320. The van der Waals surface area contributed by atoms with Crippen LogP contribution in [-0.4, -0.2) is 49.6 Å². The summed E-state index contributed by atoms with van der Waals surface area (Å²) in [5.41, 5.74) is 3.80. The average Bonchev–Trinajstić information content (AvgIpc) is 3.48. The number of tetrazole rings is 1. The molecule has 0 aliphatic carbocycles. The van der Waals surface area contributed by atoms with Gasteiger partial charge in [-0.2, -0.15) is 5.21 Å². The summed E-state index contributed by atoms with van der Waals surface area (Å²) in [6.45, 7) is 3.63. The standard InChI is InChI=1S/C21H20N8O2/c1-12-8-19(30)24-16-5-4-13(9-14(12)16)23-21(31)15-10-17(20-25-27-28-26-20)22-11-18(15)29-6-2-3-7-29/h4-5,8-11H,2-3,6-7H2,1H3,(H,23,31)(H,24,30)(H,25,26,27,28). The second kappa shape index (κ2) is 7.63. The van der Waals surface area contributed by atoms with Gasteiger partial charge in [0.15, 0.2) is 0 Å². The molecule has 4 aromatic rings. The van der Waals surface area contributed by atoms with E-state index in [2.05, 4.69) is 40.8 Å². The van der Waals surface area contributed by atoms with E-state index in [1.165, 1.54) is 0 Å². The number of amides is 1. The molecule has 1 aromatic carbocycles. The molecule has 0 spiro atoms. The number of aromatic amines is 2. The van der Waals surface area contributed by atoms with E-state index < -0.39 is 0 Å². The molecular formula is C21H20N8O2. The van der Waals surface area contributed by atoms with Crippen molar-refractivity contribution in [1.29, 1.82) is 0 Å². The lowest BCUT2D eigenvalue weighted by atomic mass is 10.1. The highest BCUT2D eigenvalue weighted by molar-refractivity contribution is 6.09. The van der Waals surface area contributed by atoms with Crippen LogP contribution in [0.1, 0.15) is 28.8 Å². The van der Waals surface area contributed by atoms with Crippen LogP contribution in [0.2, 0.25) is 0 Å². The predicted molar refractivity (Wildman–Crippen MR) is 116 cm³/mol. The molecule has 10 heteroatoms. The molecule has 0 atom stereocenters. The number of hydrogen-bond acceptors (Lipinski definition) is 7.